The Balaban J connectivity index is 0.00000450. The van der Waals surface area contributed by atoms with E-state index in [4.69, 9.17) is 9.26 Å². The topological polar surface area (TPSA) is 114 Å². The average Bonchev–Trinajstić information content (AvgIpc) is 3.21. The summed E-state index contributed by atoms with van der Waals surface area (Å²) in [5.41, 5.74) is 1.72. The molecule has 1 unspecified atom stereocenters. The molecule has 0 saturated carbocycles. The van der Waals surface area contributed by atoms with E-state index in [1.807, 2.05) is 39.0 Å². The molecule has 0 aliphatic rings. The smallest absolute Gasteiger partial charge is 0.251 e. The molecule has 166 valence electrons. The Morgan fingerprint density at radius 1 is 1.30 bits per heavy atom. The highest BCUT2D eigenvalue weighted by Crippen LogP contribution is 2.13. The Morgan fingerprint density at radius 3 is 2.80 bits per heavy atom. The predicted molar refractivity (Wildman–Crippen MR) is 126 cm³/mol. The summed E-state index contributed by atoms with van der Waals surface area (Å²) in [4.78, 5) is 20.6. The molecule has 0 fully saturated rings. The number of halogens is 1. The van der Waals surface area contributed by atoms with Gasteiger partial charge in [0.25, 0.3) is 5.91 Å². The normalized spacial score (nSPS) is 12.1. The largest absolute Gasteiger partial charge is 0.371 e. The monoisotopic (exact) mass is 530 g/mol. The highest BCUT2D eigenvalue weighted by molar-refractivity contribution is 14.0. The van der Waals surface area contributed by atoms with Crippen molar-refractivity contribution in [1.29, 1.82) is 0 Å². The molecular weight excluding hydrogens is 499 g/mol. The third kappa shape index (κ3) is 8.27. The molecule has 2 rings (SSSR count). The number of nitrogens with zero attached hydrogens (tertiary/aromatic N) is 3. The Morgan fingerprint density at radius 2 is 2.10 bits per heavy atom. The lowest BCUT2D eigenvalue weighted by molar-refractivity contribution is 0.0683. The maximum absolute atomic E-state index is 11.7. The van der Waals surface area contributed by atoms with Crippen molar-refractivity contribution in [3.8, 4) is 0 Å². The number of hydrogen-bond acceptors (Lipinski definition) is 6. The third-order valence-electron chi connectivity index (χ3n) is 4.10. The Bertz CT molecular complexity index is 811. The average molecular weight is 530 g/mol. The third-order valence-corrected chi connectivity index (χ3v) is 4.10. The summed E-state index contributed by atoms with van der Waals surface area (Å²) in [5, 5.41) is 13.0. The summed E-state index contributed by atoms with van der Waals surface area (Å²) in [7, 11) is 1.62. The lowest BCUT2D eigenvalue weighted by Gasteiger charge is -2.11. The second-order valence-electron chi connectivity index (χ2n) is 6.30. The molecule has 30 heavy (non-hydrogen) atoms. The molecule has 2 aromatic rings. The first-order valence-electron chi connectivity index (χ1n) is 9.84. The van der Waals surface area contributed by atoms with Gasteiger partial charge in [-0.2, -0.15) is 4.98 Å². The second kappa shape index (κ2) is 13.9. The number of ether oxygens (including phenoxy) is 1. The molecule has 1 aromatic heterocycles. The number of carbonyl (C=O) groups is 1. The zero-order chi connectivity index (χ0) is 21.1. The van der Waals surface area contributed by atoms with Crippen molar-refractivity contribution in [3.05, 3.63) is 47.1 Å². The molecule has 0 radical (unpaired) electrons. The van der Waals surface area contributed by atoms with E-state index in [0.29, 0.717) is 36.4 Å². The summed E-state index contributed by atoms with van der Waals surface area (Å²) in [6.45, 7) is 8.06. The number of amides is 1. The van der Waals surface area contributed by atoms with Gasteiger partial charge in [0, 0.05) is 32.3 Å². The van der Waals surface area contributed by atoms with Gasteiger partial charge < -0.3 is 25.2 Å². The Kier molecular flexibility index (Phi) is 12.0. The number of aliphatic imine (C=N–C) groups is 1. The van der Waals surface area contributed by atoms with Gasteiger partial charge in [0.2, 0.25) is 5.89 Å². The summed E-state index contributed by atoms with van der Waals surface area (Å²) in [6.07, 6.45) is 0.546. The molecular formula is C20H31IN6O3. The molecule has 1 amide bonds. The van der Waals surface area contributed by atoms with Crippen LogP contribution < -0.4 is 16.0 Å². The number of nitrogens with one attached hydrogen (secondary N) is 3. The van der Waals surface area contributed by atoms with Gasteiger partial charge >= 0.3 is 0 Å². The Labute approximate surface area is 194 Å². The van der Waals surface area contributed by atoms with Crippen molar-refractivity contribution in [2.45, 2.75) is 39.8 Å². The fourth-order valence-electron chi connectivity index (χ4n) is 2.65. The van der Waals surface area contributed by atoms with Gasteiger partial charge in [0.05, 0.1) is 0 Å². The molecule has 0 spiro atoms. The predicted octanol–water partition coefficient (Wildman–Crippen LogP) is 2.44. The summed E-state index contributed by atoms with van der Waals surface area (Å²) >= 11 is 0. The molecule has 1 heterocycles. The van der Waals surface area contributed by atoms with Crippen LogP contribution in [0.4, 0.5) is 0 Å². The first-order valence-corrected chi connectivity index (χ1v) is 9.84. The van der Waals surface area contributed by atoms with Crippen LogP contribution in [0.15, 0.2) is 33.8 Å². The molecule has 10 heteroatoms. The number of benzene rings is 1. The van der Waals surface area contributed by atoms with Gasteiger partial charge in [0.15, 0.2) is 11.8 Å². The minimum absolute atomic E-state index is 0. The molecule has 1 atom stereocenters. The van der Waals surface area contributed by atoms with Crippen LogP contribution in [0.3, 0.4) is 0 Å². The van der Waals surface area contributed by atoms with E-state index in [2.05, 4.69) is 31.1 Å². The van der Waals surface area contributed by atoms with Crippen LogP contribution in [0.25, 0.3) is 0 Å². The molecule has 0 bridgehead atoms. The highest BCUT2D eigenvalue weighted by Gasteiger charge is 2.13. The SMILES string of the molecule is CCNC(=NCc1nc(C(C)OCC)no1)NCCc1cccc(C(=O)NC)c1.I. The fourth-order valence-corrected chi connectivity index (χ4v) is 2.65. The van der Waals surface area contributed by atoms with Gasteiger partial charge in [-0.1, -0.05) is 17.3 Å². The minimum atomic E-state index is -0.210. The van der Waals surface area contributed by atoms with Crippen LogP contribution in [-0.4, -0.2) is 48.8 Å². The van der Waals surface area contributed by atoms with Crippen LogP contribution in [0, 0.1) is 0 Å². The first-order chi connectivity index (χ1) is 14.1. The van der Waals surface area contributed by atoms with Gasteiger partial charge in [-0.05, 0) is 44.9 Å². The number of carbonyl (C=O) groups excluding carboxylic acids is 1. The molecule has 3 N–H and O–H groups in total. The van der Waals surface area contributed by atoms with E-state index in [1.54, 1.807) is 13.1 Å². The summed E-state index contributed by atoms with van der Waals surface area (Å²) in [5.74, 6) is 1.52. The van der Waals surface area contributed by atoms with Crippen molar-refractivity contribution in [2.24, 2.45) is 4.99 Å². The van der Waals surface area contributed by atoms with Gasteiger partial charge in [-0.25, -0.2) is 4.99 Å². The first kappa shape index (κ1) is 25.8. The van der Waals surface area contributed by atoms with E-state index < -0.39 is 0 Å². The van der Waals surface area contributed by atoms with Crippen LogP contribution >= 0.6 is 24.0 Å². The van der Waals surface area contributed by atoms with Gasteiger partial charge in [0.1, 0.15) is 12.6 Å². The van der Waals surface area contributed by atoms with E-state index in [-0.39, 0.29) is 42.5 Å². The maximum Gasteiger partial charge on any atom is 0.251 e. The van der Waals surface area contributed by atoms with E-state index in [0.717, 1.165) is 18.5 Å². The van der Waals surface area contributed by atoms with Crippen molar-refractivity contribution in [2.75, 3.05) is 26.7 Å². The number of guanidine groups is 1. The van der Waals surface area contributed by atoms with Crippen molar-refractivity contribution in [3.63, 3.8) is 0 Å². The van der Waals surface area contributed by atoms with Gasteiger partial charge in [-0.15, -0.1) is 24.0 Å². The van der Waals surface area contributed by atoms with Gasteiger partial charge in [-0.3, -0.25) is 4.79 Å². The molecule has 9 nitrogen and oxygen atoms in total. The number of rotatable bonds is 10. The van der Waals surface area contributed by atoms with E-state index in [1.165, 1.54) is 0 Å². The second-order valence-corrected chi connectivity index (χ2v) is 6.30. The van der Waals surface area contributed by atoms with Crippen LogP contribution in [-0.2, 0) is 17.7 Å². The van der Waals surface area contributed by atoms with Crippen molar-refractivity contribution in [1.82, 2.24) is 26.1 Å². The van der Waals surface area contributed by atoms with Crippen LogP contribution in [0.5, 0.6) is 0 Å². The number of hydrogen-bond donors (Lipinski definition) is 3. The lowest BCUT2D eigenvalue weighted by Crippen LogP contribution is -2.38. The minimum Gasteiger partial charge on any atom is -0.371 e. The van der Waals surface area contributed by atoms with Crippen LogP contribution in [0.2, 0.25) is 0 Å². The summed E-state index contributed by atoms with van der Waals surface area (Å²) < 4.78 is 10.7. The van der Waals surface area contributed by atoms with E-state index in [9.17, 15) is 4.79 Å². The van der Waals surface area contributed by atoms with E-state index >= 15 is 0 Å². The summed E-state index contributed by atoms with van der Waals surface area (Å²) in [6, 6.07) is 7.57. The Hall–Kier alpha value is -2.21. The fraction of sp³-hybridized carbons (Fsp3) is 0.500. The zero-order valence-corrected chi connectivity index (χ0v) is 20.2. The highest BCUT2D eigenvalue weighted by atomic mass is 127. The zero-order valence-electron chi connectivity index (χ0n) is 17.9. The van der Waals surface area contributed by atoms with Crippen LogP contribution in [0.1, 0.15) is 54.5 Å². The number of aromatic nitrogens is 2. The lowest BCUT2D eigenvalue weighted by atomic mass is 10.1. The standard InChI is InChI=1S/C20H30N6O3.HI/c1-5-22-20(24-13-17-25-18(26-29-17)14(3)28-6-2)23-11-10-15-8-7-9-16(12-15)19(27)21-4;/h7-9,12,14H,5-6,10-11,13H2,1-4H3,(H,21,27)(H2,22,23,24);1H. The molecule has 1 aromatic carbocycles. The molecule has 0 aliphatic carbocycles. The quantitative estimate of drug-likeness (QED) is 0.246. The molecule has 0 saturated heterocycles. The van der Waals surface area contributed by atoms with Crippen molar-refractivity contribution < 1.29 is 14.1 Å². The molecule has 0 aliphatic heterocycles. The maximum atomic E-state index is 11.7. The van der Waals surface area contributed by atoms with Crippen molar-refractivity contribution >= 4 is 35.8 Å².